The smallest absolute Gasteiger partial charge is 0.332 e. The molecule has 0 radical (unpaired) electrons. The second kappa shape index (κ2) is 2.77. The van der Waals surface area contributed by atoms with Gasteiger partial charge in [0.1, 0.15) is 0 Å². The van der Waals surface area contributed by atoms with Gasteiger partial charge >= 0.3 is 5.97 Å². The minimum absolute atomic E-state index is 0.218. The maximum atomic E-state index is 10.8. The number of hydrogen-bond acceptors (Lipinski definition) is 1. The molecule has 0 fully saturated rings. The molecule has 1 rings (SSSR count). The van der Waals surface area contributed by atoms with Crippen LogP contribution >= 0.6 is 0 Å². The molecule has 0 aliphatic heterocycles. The van der Waals surface area contributed by atoms with Gasteiger partial charge in [0.05, 0.1) is 0 Å². The first-order valence-electron chi connectivity index (χ1n) is 4.05. The Morgan fingerprint density at radius 3 is 2.50 bits per heavy atom. The van der Waals surface area contributed by atoms with Crippen LogP contribution in [0.2, 0.25) is 0 Å². The van der Waals surface area contributed by atoms with E-state index in [1.807, 2.05) is 26.8 Å². The molecular formula is C10H14O2. The average molecular weight is 166 g/mol. The summed E-state index contributed by atoms with van der Waals surface area (Å²) in [6, 6.07) is 0. The van der Waals surface area contributed by atoms with Gasteiger partial charge in [-0.2, -0.15) is 0 Å². The standard InChI is InChI=1S/C10H14O2/c1-7-4-5-8(9(11)12)10(2,3)6-7/h4-5H,6H2,1-3H3,(H,11,12). The van der Waals surface area contributed by atoms with E-state index in [2.05, 4.69) is 0 Å². The average Bonchev–Trinajstić information content (AvgIpc) is 1.82. The Labute approximate surface area is 72.6 Å². The Hall–Kier alpha value is -1.05. The van der Waals surface area contributed by atoms with Crippen LogP contribution in [-0.2, 0) is 4.79 Å². The summed E-state index contributed by atoms with van der Waals surface area (Å²) < 4.78 is 0. The minimum atomic E-state index is -0.802. The summed E-state index contributed by atoms with van der Waals surface area (Å²) >= 11 is 0. The quantitative estimate of drug-likeness (QED) is 0.649. The molecule has 0 aromatic heterocycles. The Kier molecular flexibility index (Phi) is 2.09. The highest BCUT2D eigenvalue weighted by atomic mass is 16.4. The van der Waals surface area contributed by atoms with Crippen molar-refractivity contribution in [3.63, 3.8) is 0 Å². The lowest BCUT2D eigenvalue weighted by molar-refractivity contribution is -0.133. The molecule has 2 nitrogen and oxygen atoms in total. The van der Waals surface area contributed by atoms with E-state index in [1.165, 1.54) is 5.57 Å². The summed E-state index contributed by atoms with van der Waals surface area (Å²) in [6.45, 7) is 5.95. The number of carboxylic acids is 1. The SMILES string of the molecule is CC1=CC=C(C(=O)O)C(C)(C)C1. The summed E-state index contributed by atoms with van der Waals surface area (Å²) in [7, 11) is 0. The van der Waals surface area contributed by atoms with Crippen molar-refractivity contribution >= 4 is 5.97 Å². The Balaban J connectivity index is 3.04. The fourth-order valence-corrected chi connectivity index (χ4v) is 1.66. The van der Waals surface area contributed by atoms with Crippen molar-refractivity contribution in [1.29, 1.82) is 0 Å². The molecule has 1 aliphatic carbocycles. The highest BCUT2D eigenvalue weighted by Gasteiger charge is 2.30. The number of allylic oxidation sites excluding steroid dienone is 3. The van der Waals surface area contributed by atoms with E-state index in [-0.39, 0.29) is 5.41 Å². The zero-order valence-corrected chi connectivity index (χ0v) is 7.72. The first-order chi connectivity index (χ1) is 5.43. The van der Waals surface area contributed by atoms with Gasteiger partial charge < -0.3 is 5.11 Å². The van der Waals surface area contributed by atoms with E-state index in [0.29, 0.717) is 5.57 Å². The lowest BCUT2D eigenvalue weighted by Crippen LogP contribution is -2.23. The van der Waals surface area contributed by atoms with Gasteiger partial charge in [-0.1, -0.05) is 31.6 Å². The summed E-state index contributed by atoms with van der Waals surface area (Å²) in [5, 5.41) is 8.86. The van der Waals surface area contributed by atoms with Crippen molar-refractivity contribution in [1.82, 2.24) is 0 Å². The van der Waals surface area contributed by atoms with Gasteiger partial charge in [-0.05, 0) is 13.3 Å². The zero-order valence-electron chi connectivity index (χ0n) is 7.72. The highest BCUT2D eigenvalue weighted by molar-refractivity contribution is 5.88. The third-order valence-electron chi connectivity index (χ3n) is 2.21. The Morgan fingerprint density at radius 1 is 1.50 bits per heavy atom. The molecular weight excluding hydrogens is 152 g/mol. The largest absolute Gasteiger partial charge is 0.478 e. The second-order valence-electron chi connectivity index (χ2n) is 3.96. The molecule has 2 heteroatoms. The third-order valence-corrected chi connectivity index (χ3v) is 2.21. The molecule has 0 heterocycles. The summed E-state index contributed by atoms with van der Waals surface area (Å²) in [5.41, 5.74) is 1.53. The van der Waals surface area contributed by atoms with E-state index in [1.54, 1.807) is 6.08 Å². The van der Waals surface area contributed by atoms with E-state index < -0.39 is 5.97 Å². The van der Waals surface area contributed by atoms with E-state index in [9.17, 15) is 4.79 Å². The van der Waals surface area contributed by atoms with Crippen LogP contribution in [0.25, 0.3) is 0 Å². The lowest BCUT2D eigenvalue weighted by atomic mass is 9.76. The number of carbonyl (C=O) groups is 1. The monoisotopic (exact) mass is 166 g/mol. The molecule has 0 saturated carbocycles. The van der Waals surface area contributed by atoms with Gasteiger partial charge in [0.25, 0.3) is 0 Å². The van der Waals surface area contributed by atoms with Crippen LogP contribution in [0.1, 0.15) is 27.2 Å². The highest BCUT2D eigenvalue weighted by Crippen LogP contribution is 2.36. The van der Waals surface area contributed by atoms with Crippen LogP contribution < -0.4 is 0 Å². The van der Waals surface area contributed by atoms with E-state index in [4.69, 9.17) is 5.11 Å². The first-order valence-corrected chi connectivity index (χ1v) is 4.05. The molecule has 0 aromatic carbocycles. The van der Waals surface area contributed by atoms with Gasteiger partial charge in [0.15, 0.2) is 0 Å². The molecule has 0 bridgehead atoms. The lowest BCUT2D eigenvalue weighted by Gasteiger charge is -2.28. The molecule has 0 unspecified atom stereocenters. The molecule has 0 amide bonds. The number of aliphatic carboxylic acids is 1. The number of hydrogen-bond donors (Lipinski definition) is 1. The van der Waals surface area contributed by atoms with Gasteiger partial charge in [0, 0.05) is 11.0 Å². The van der Waals surface area contributed by atoms with Crippen molar-refractivity contribution in [3.8, 4) is 0 Å². The number of carboxylic acid groups (broad SMARTS) is 1. The van der Waals surface area contributed by atoms with Crippen LogP contribution in [0.4, 0.5) is 0 Å². The summed E-state index contributed by atoms with van der Waals surface area (Å²) in [5.74, 6) is -0.802. The van der Waals surface area contributed by atoms with Crippen molar-refractivity contribution < 1.29 is 9.90 Å². The molecule has 12 heavy (non-hydrogen) atoms. The van der Waals surface area contributed by atoms with Crippen LogP contribution in [0, 0.1) is 5.41 Å². The minimum Gasteiger partial charge on any atom is -0.478 e. The van der Waals surface area contributed by atoms with Crippen LogP contribution in [0.5, 0.6) is 0 Å². The van der Waals surface area contributed by atoms with Crippen molar-refractivity contribution in [2.75, 3.05) is 0 Å². The van der Waals surface area contributed by atoms with Crippen molar-refractivity contribution in [3.05, 3.63) is 23.3 Å². The molecule has 0 spiro atoms. The Morgan fingerprint density at radius 2 is 2.08 bits per heavy atom. The van der Waals surface area contributed by atoms with Crippen LogP contribution in [-0.4, -0.2) is 11.1 Å². The Bertz CT molecular complexity index is 270. The second-order valence-corrected chi connectivity index (χ2v) is 3.96. The fraction of sp³-hybridized carbons (Fsp3) is 0.500. The molecule has 1 N–H and O–H groups in total. The van der Waals surface area contributed by atoms with Gasteiger partial charge in [-0.15, -0.1) is 0 Å². The predicted octanol–water partition coefficient (Wildman–Crippen LogP) is 2.37. The number of rotatable bonds is 1. The molecule has 66 valence electrons. The van der Waals surface area contributed by atoms with Crippen LogP contribution in [0.15, 0.2) is 23.3 Å². The van der Waals surface area contributed by atoms with Gasteiger partial charge in [-0.25, -0.2) is 4.79 Å². The molecule has 0 aromatic rings. The topological polar surface area (TPSA) is 37.3 Å². The van der Waals surface area contributed by atoms with E-state index >= 15 is 0 Å². The zero-order chi connectivity index (χ0) is 9.35. The maximum Gasteiger partial charge on any atom is 0.332 e. The summed E-state index contributed by atoms with van der Waals surface area (Å²) in [6.07, 6.45) is 4.43. The predicted molar refractivity (Wildman–Crippen MR) is 47.9 cm³/mol. The van der Waals surface area contributed by atoms with Gasteiger partial charge in [0.2, 0.25) is 0 Å². The normalized spacial score (nSPS) is 21.2. The first kappa shape index (κ1) is 9.04. The van der Waals surface area contributed by atoms with Crippen molar-refractivity contribution in [2.24, 2.45) is 5.41 Å². The third kappa shape index (κ3) is 1.58. The molecule has 1 aliphatic rings. The maximum absolute atomic E-state index is 10.8. The van der Waals surface area contributed by atoms with E-state index in [0.717, 1.165) is 6.42 Å². The fourth-order valence-electron chi connectivity index (χ4n) is 1.66. The van der Waals surface area contributed by atoms with Crippen LogP contribution in [0.3, 0.4) is 0 Å². The summed E-state index contributed by atoms with van der Waals surface area (Å²) in [4.78, 5) is 10.8. The van der Waals surface area contributed by atoms with Crippen molar-refractivity contribution in [2.45, 2.75) is 27.2 Å². The van der Waals surface area contributed by atoms with Gasteiger partial charge in [-0.3, -0.25) is 0 Å². The molecule has 0 atom stereocenters. The molecule has 0 saturated heterocycles.